The second-order valence-corrected chi connectivity index (χ2v) is 10.6. The molecule has 0 unspecified atom stereocenters. The zero-order chi connectivity index (χ0) is 26.6. The van der Waals surface area contributed by atoms with Crippen molar-refractivity contribution in [2.75, 3.05) is 26.9 Å². The van der Waals surface area contributed by atoms with Gasteiger partial charge in [0, 0.05) is 25.8 Å². The molecule has 200 valence electrons. The van der Waals surface area contributed by atoms with Gasteiger partial charge < -0.3 is 14.2 Å². The SMILES string of the molecule is CCc1ccc(Oc2ccc(S(=O)(=O)N3C[C@H]4CC[C@@H]([C@@H]3C(=O)NO)N4C(=O)OCCOC)cn2)cc1. The van der Waals surface area contributed by atoms with Crippen molar-refractivity contribution in [3.8, 4) is 11.6 Å². The van der Waals surface area contributed by atoms with E-state index in [0.717, 1.165) is 22.5 Å². The molecule has 2 saturated heterocycles. The first-order chi connectivity index (χ1) is 17.8. The second-order valence-electron chi connectivity index (χ2n) is 8.74. The van der Waals surface area contributed by atoms with Crippen LogP contribution in [0.25, 0.3) is 0 Å². The smallest absolute Gasteiger partial charge is 0.410 e. The van der Waals surface area contributed by atoms with E-state index >= 15 is 0 Å². The molecule has 13 heteroatoms. The molecule has 0 saturated carbocycles. The van der Waals surface area contributed by atoms with Gasteiger partial charge in [0.2, 0.25) is 15.9 Å². The number of pyridine rings is 1. The Morgan fingerprint density at radius 3 is 2.51 bits per heavy atom. The Morgan fingerprint density at radius 1 is 1.14 bits per heavy atom. The standard InChI is InChI=1S/C24H30N4O8S/c1-3-16-4-7-18(8-5-16)36-21-11-9-19(14-25-21)37(32,33)27-15-17-6-10-20(22(27)23(29)26-31)28(17)24(30)35-13-12-34-2/h4-5,7-9,11,14,17,20,22,31H,3,6,10,12-13,15H2,1-2H3,(H,26,29)/t17-,20+,22-/m1/s1. The molecule has 0 aliphatic carbocycles. The van der Waals surface area contributed by atoms with E-state index in [9.17, 15) is 23.2 Å². The molecule has 37 heavy (non-hydrogen) atoms. The molecule has 2 aromatic rings. The van der Waals surface area contributed by atoms with Crippen LogP contribution in [0, 0.1) is 0 Å². The molecule has 1 aromatic heterocycles. The van der Waals surface area contributed by atoms with Gasteiger partial charge in [0.1, 0.15) is 23.3 Å². The third-order valence-electron chi connectivity index (χ3n) is 6.58. The summed E-state index contributed by atoms with van der Waals surface area (Å²) in [4.78, 5) is 30.8. The molecule has 4 rings (SSSR count). The molecule has 3 heterocycles. The van der Waals surface area contributed by atoms with Gasteiger partial charge in [0.15, 0.2) is 0 Å². The van der Waals surface area contributed by atoms with Gasteiger partial charge in [-0.05, 0) is 43.0 Å². The number of benzene rings is 1. The Labute approximate surface area is 215 Å². The average Bonchev–Trinajstić information content (AvgIpc) is 3.22. The summed E-state index contributed by atoms with van der Waals surface area (Å²) in [5, 5.41) is 9.37. The summed E-state index contributed by atoms with van der Waals surface area (Å²) in [5.74, 6) is -0.173. The number of nitrogens with zero attached hydrogens (tertiary/aromatic N) is 3. The van der Waals surface area contributed by atoms with Crippen LogP contribution in [0.2, 0.25) is 0 Å². The Bertz CT molecular complexity index is 1210. The summed E-state index contributed by atoms with van der Waals surface area (Å²) >= 11 is 0. The monoisotopic (exact) mass is 534 g/mol. The van der Waals surface area contributed by atoms with E-state index in [-0.39, 0.29) is 30.5 Å². The zero-order valence-corrected chi connectivity index (χ0v) is 21.4. The summed E-state index contributed by atoms with van der Waals surface area (Å²) in [6.45, 7) is 2.13. The lowest BCUT2D eigenvalue weighted by atomic mass is 10.1. The number of sulfonamides is 1. The van der Waals surface area contributed by atoms with E-state index in [1.165, 1.54) is 24.1 Å². The molecule has 2 N–H and O–H groups in total. The minimum Gasteiger partial charge on any atom is -0.447 e. The van der Waals surface area contributed by atoms with E-state index in [2.05, 4.69) is 4.98 Å². The Morgan fingerprint density at radius 2 is 1.89 bits per heavy atom. The third kappa shape index (κ3) is 5.54. The molecule has 1 aromatic carbocycles. The molecule has 2 bridgehead atoms. The van der Waals surface area contributed by atoms with Crippen molar-refractivity contribution in [1.29, 1.82) is 0 Å². The maximum Gasteiger partial charge on any atom is 0.410 e. The lowest BCUT2D eigenvalue weighted by Gasteiger charge is -2.44. The molecule has 3 atom stereocenters. The van der Waals surface area contributed by atoms with Crippen molar-refractivity contribution in [1.82, 2.24) is 19.7 Å². The molecule has 0 radical (unpaired) electrons. The molecule has 2 aliphatic heterocycles. The predicted octanol–water partition coefficient (Wildman–Crippen LogP) is 1.93. The Balaban J connectivity index is 1.54. The number of ether oxygens (including phenoxy) is 3. The largest absolute Gasteiger partial charge is 0.447 e. The van der Waals surface area contributed by atoms with Crippen molar-refractivity contribution < 1.29 is 37.4 Å². The van der Waals surface area contributed by atoms with Gasteiger partial charge >= 0.3 is 6.09 Å². The number of aromatic nitrogens is 1. The van der Waals surface area contributed by atoms with Gasteiger partial charge in [-0.3, -0.25) is 14.9 Å². The predicted molar refractivity (Wildman–Crippen MR) is 130 cm³/mol. The van der Waals surface area contributed by atoms with Crippen LogP contribution >= 0.6 is 0 Å². The highest BCUT2D eigenvalue weighted by Crippen LogP contribution is 2.38. The summed E-state index contributed by atoms with van der Waals surface area (Å²) in [6, 6.07) is 7.61. The van der Waals surface area contributed by atoms with Crippen LogP contribution in [-0.2, 0) is 30.7 Å². The highest BCUT2D eigenvalue weighted by molar-refractivity contribution is 7.89. The normalized spacial score (nSPS) is 21.5. The maximum absolute atomic E-state index is 13.6. The number of aryl methyl sites for hydroxylation is 1. The van der Waals surface area contributed by atoms with Crippen LogP contribution in [0.5, 0.6) is 11.6 Å². The summed E-state index contributed by atoms with van der Waals surface area (Å²) < 4.78 is 44.0. The van der Waals surface area contributed by atoms with Crippen molar-refractivity contribution in [2.24, 2.45) is 0 Å². The fourth-order valence-electron chi connectivity index (χ4n) is 4.73. The number of nitrogens with one attached hydrogen (secondary N) is 1. The fraction of sp³-hybridized carbons (Fsp3) is 0.458. The molecular formula is C24H30N4O8S. The topological polar surface area (TPSA) is 148 Å². The van der Waals surface area contributed by atoms with Crippen LogP contribution in [0.1, 0.15) is 25.3 Å². The van der Waals surface area contributed by atoms with Gasteiger partial charge in [0.25, 0.3) is 5.91 Å². The van der Waals surface area contributed by atoms with Crippen molar-refractivity contribution in [3.05, 3.63) is 48.2 Å². The van der Waals surface area contributed by atoms with Gasteiger partial charge in [0.05, 0.1) is 18.8 Å². The number of piperazine rings is 1. The first-order valence-corrected chi connectivity index (χ1v) is 13.4. The van der Waals surface area contributed by atoms with Gasteiger partial charge in [-0.15, -0.1) is 0 Å². The highest BCUT2D eigenvalue weighted by Gasteiger charge is 2.55. The van der Waals surface area contributed by atoms with Gasteiger partial charge in [-0.1, -0.05) is 19.1 Å². The van der Waals surface area contributed by atoms with Crippen LogP contribution in [0.4, 0.5) is 4.79 Å². The molecule has 0 spiro atoms. The van der Waals surface area contributed by atoms with Crippen LogP contribution < -0.4 is 10.2 Å². The Hall–Kier alpha value is -3.26. The van der Waals surface area contributed by atoms with E-state index in [4.69, 9.17) is 14.2 Å². The minimum absolute atomic E-state index is 0.0208. The molecule has 2 fully saturated rings. The maximum atomic E-state index is 13.6. The Kier molecular flexibility index (Phi) is 8.27. The van der Waals surface area contributed by atoms with Crippen molar-refractivity contribution >= 4 is 22.0 Å². The quantitative estimate of drug-likeness (QED) is 0.280. The first-order valence-electron chi connectivity index (χ1n) is 11.9. The van der Waals surface area contributed by atoms with Crippen LogP contribution in [0.15, 0.2) is 47.5 Å². The highest BCUT2D eigenvalue weighted by atomic mass is 32.2. The van der Waals surface area contributed by atoms with E-state index in [1.807, 2.05) is 19.1 Å². The van der Waals surface area contributed by atoms with Gasteiger partial charge in [-0.2, -0.15) is 4.31 Å². The number of carbonyl (C=O) groups is 2. The van der Waals surface area contributed by atoms with Crippen molar-refractivity contribution in [2.45, 2.75) is 49.2 Å². The number of hydroxylamine groups is 1. The number of hydrogen-bond donors (Lipinski definition) is 2. The van der Waals surface area contributed by atoms with E-state index in [0.29, 0.717) is 18.6 Å². The number of hydrogen-bond acceptors (Lipinski definition) is 9. The number of amides is 2. The number of methoxy groups -OCH3 is 1. The van der Waals surface area contributed by atoms with E-state index < -0.39 is 40.1 Å². The summed E-state index contributed by atoms with van der Waals surface area (Å²) in [5.41, 5.74) is 2.70. The van der Waals surface area contributed by atoms with Crippen molar-refractivity contribution in [3.63, 3.8) is 0 Å². The number of rotatable bonds is 9. The average molecular weight is 535 g/mol. The second kappa shape index (κ2) is 11.4. The number of carbonyl (C=O) groups excluding carboxylic acids is 2. The summed E-state index contributed by atoms with van der Waals surface area (Å²) in [7, 11) is -2.74. The van der Waals surface area contributed by atoms with Crippen LogP contribution in [0.3, 0.4) is 0 Å². The fourth-order valence-corrected chi connectivity index (χ4v) is 6.33. The van der Waals surface area contributed by atoms with Gasteiger partial charge in [-0.25, -0.2) is 23.7 Å². The lowest BCUT2D eigenvalue weighted by molar-refractivity contribution is -0.136. The molecule has 12 nitrogen and oxygen atoms in total. The third-order valence-corrected chi connectivity index (χ3v) is 8.42. The zero-order valence-electron chi connectivity index (χ0n) is 20.6. The van der Waals surface area contributed by atoms with Crippen LogP contribution in [-0.4, -0.2) is 84.8 Å². The molecule has 2 aliphatic rings. The lowest BCUT2D eigenvalue weighted by Crippen LogP contribution is -2.66. The number of fused-ring (bicyclic) bond motifs is 2. The molecule has 2 amide bonds. The molecular weight excluding hydrogens is 504 g/mol. The minimum atomic E-state index is -4.22. The first kappa shape index (κ1) is 26.8. The summed E-state index contributed by atoms with van der Waals surface area (Å²) in [6.07, 6.45) is 2.24. The van der Waals surface area contributed by atoms with E-state index in [1.54, 1.807) is 17.6 Å².